The number of amides is 1. The number of benzene rings is 1. The molecule has 2 aromatic rings. The van der Waals surface area contributed by atoms with Gasteiger partial charge in [-0.2, -0.15) is 23.4 Å². The van der Waals surface area contributed by atoms with Crippen LogP contribution < -0.4 is 11.1 Å². The Morgan fingerprint density at radius 3 is 2.57 bits per heavy atom. The zero-order valence-electron chi connectivity index (χ0n) is 10.7. The predicted octanol–water partition coefficient (Wildman–Crippen LogP) is 2.21. The molecule has 1 heterocycles. The zero-order valence-corrected chi connectivity index (χ0v) is 10.7. The average molecular weight is 296 g/mol. The quantitative estimate of drug-likeness (QED) is 0.910. The molecule has 0 aliphatic rings. The van der Waals surface area contributed by atoms with Crippen molar-refractivity contribution in [3.8, 4) is 0 Å². The number of nitrogens with two attached hydrogens (primary N) is 1. The summed E-state index contributed by atoms with van der Waals surface area (Å²) in [5, 5.41) is 9.20. The summed E-state index contributed by atoms with van der Waals surface area (Å²) in [5.41, 5.74) is 4.50. The summed E-state index contributed by atoms with van der Waals surface area (Å²) in [6.07, 6.45) is -2.15. The molecule has 0 spiro atoms. The normalized spacial score (nSPS) is 11.2. The Morgan fingerprint density at radius 2 is 2.00 bits per heavy atom. The summed E-state index contributed by atoms with van der Waals surface area (Å²) in [6.45, 7) is -0.0222. The number of anilines is 1. The van der Waals surface area contributed by atoms with Crippen LogP contribution in [0.4, 0.5) is 18.9 Å². The van der Waals surface area contributed by atoms with Crippen molar-refractivity contribution >= 4 is 11.6 Å². The highest BCUT2D eigenvalue weighted by Crippen LogP contribution is 2.35. The van der Waals surface area contributed by atoms with E-state index in [1.165, 1.54) is 24.4 Å². The molecular formula is C13H11F3N4O. The first kappa shape index (κ1) is 14.9. The van der Waals surface area contributed by atoms with Crippen LogP contribution in [0.5, 0.6) is 0 Å². The molecule has 21 heavy (non-hydrogen) atoms. The van der Waals surface area contributed by atoms with Crippen LogP contribution >= 0.6 is 0 Å². The fourth-order valence-electron chi connectivity index (χ4n) is 1.68. The van der Waals surface area contributed by atoms with Gasteiger partial charge in [0.1, 0.15) is 0 Å². The molecule has 0 saturated carbocycles. The fraction of sp³-hybridized carbons (Fsp3) is 0.154. The van der Waals surface area contributed by atoms with E-state index in [4.69, 9.17) is 5.73 Å². The minimum Gasteiger partial charge on any atom is -0.326 e. The highest BCUT2D eigenvalue weighted by atomic mass is 19.4. The van der Waals surface area contributed by atoms with Crippen molar-refractivity contribution in [2.75, 3.05) is 5.32 Å². The molecule has 0 unspecified atom stereocenters. The lowest BCUT2D eigenvalue weighted by Gasteiger charge is -2.15. The van der Waals surface area contributed by atoms with E-state index in [1.807, 2.05) is 0 Å². The maximum atomic E-state index is 13.0. The average Bonchev–Trinajstić information content (AvgIpc) is 2.47. The van der Waals surface area contributed by atoms with Crippen LogP contribution in [0.3, 0.4) is 0 Å². The lowest BCUT2D eigenvalue weighted by atomic mass is 10.1. The third-order valence-corrected chi connectivity index (χ3v) is 2.72. The van der Waals surface area contributed by atoms with Crippen LogP contribution in [0.1, 0.15) is 21.5 Å². The van der Waals surface area contributed by atoms with Crippen LogP contribution in [0.15, 0.2) is 36.7 Å². The van der Waals surface area contributed by atoms with Crippen molar-refractivity contribution < 1.29 is 18.0 Å². The molecule has 0 bridgehead atoms. The maximum absolute atomic E-state index is 13.0. The van der Waals surface area contributed by atoms with Crippen molar-refractivity contribution in [2.24, 2.45) is 5.73 Å². The van der Waals surface area contributed by atoms with E-state index in [0.29, 0.717) is 5.56 Å². The van der Waals surface area contributed by atoms with Crippen molar-refractivity contribution in [3.63, 3.8) is 0 Å². The minimum absolute atomic E-state index is 0.0222. The van der Waals surface area contributed by atoms with Gasteiger partial charge in [0, 0.05) is 6.54 Å². The number of hydrogen-bond acceptors (Lipinski definition) is 4. The molecule has 8 heteroatoms. The number of alkyl halides is 3. The van der Waals surface area contributed by atoms with Crippen molar-refractivity contribution in [1.82, 2.24) is 10.2 Å². The molecule has 0 aliphatic heterocycles. The van der Waals surface area contributed by atoms with Crippen LogP contribution in [0.2, 0.25) is 0 Å². The van der Waals surface area contributed by atoms with Gasteiger partial charge in [-0.25, -0.2) is 0 Å². The maximum Gasteiger partial charge on any atom is 0.418 e. The van der Waals surface area contributed by atoms with Crippen LogP contribution in [-0.4, -0.2) is 16.1 Å². The summed E-state index contributed by atoms with van der Waals surface area (Å²) in [7, 11) is 0. The number of aromatic nitrogens is 2. The highest BCUT2D eigenvalue weighted by molar-refractivity contribution is 6.04. The number of carbonyl (C=O) groups is 1. The Balaban J connectivity index is 2.34. The number of nitrogens with zero attached hydrogens (tertiary/aromatic N) is 2. The lowest BCUT2D eigenvalue weighted by molar-refractivity contribution is -0.137. The second kappa shape index (κ2) is 5.88. The van der Waals surface area contributed by atoms with Crippen LogP contribution in [0.25, 0.3) is 0 Å². The Bertz CT molecular complexity index is 644. The monoisotopic (exact) mass is 296 g/mol. The second-order valence-corrected chi connectivity index (χ2v) is 4.17. The van der Waals surface area contributed by atoms with Crippen molar-refractivity contribution in [1.29, 1.82) is 0 Å². The predicted molar refractivity (Wildman–Crippen MR) is 69.3 cm³/mol. The smallest absolute Gasteiger partial charge is 0.326 e. The SMILES string of the molecule is NCc1ccc(NC(=O)c2ccnnc2)c(C(F)(F)F)c1. The van der Waals surface area contributed by atoms with Gasteiger partial charge < -0.3 is 11.1 Å². The number of halogens is 3. The molecular weight excluding hydrogens is 285 g/mol. The van der Waals surface area contributed by atoms with Crippen LogP contribution in [-0.2, 0) is 12.7 Å². The Morgan fingerprint density at radius 1 is 1.24 bits per heavy atom. The number of rotatable bonds is 3. The molecule has 1 aromatic carbocycles. The topological polar surface area (TPSA) is 80.9 Å². The molecule has 5 nitrogen and oxygen atoms in total. The van der Waals surface area contributed by atoms with E-state index in [1.54, 1.807) is 0 Å². The Kier molecular flexibility index (Phi) is 4.18. The highest BCUT2D eigenvalue weighted by Gasteiger charge is 2.34. The van der Waals surface area contributed by atoms with E-state index < -0.39 is 17.6 Å². The first-order valence-corrected chi connectivity index (χ1v) is 5.90. The van der Waals surface area contributed by atoms with E-state index in [0.717, 1.165) is 12.3 Å². The van der Waals surface area contributed by atoms with Gasteiger partial charge in [0.2, 0.25) is 0 Å². The summed E-state index contributed by atoms with van der Waals surface area (Å²) < 4.78 is 39.0. The largest absolute Gasteiger partial charge is 0.418 e. The molecule has 0 atom stereocenters. The first-order valence-electron chi connectivity index (χ1n) is 5.90. The van der Waals surface area contributed by atoms with Gasteiger partial charge in [0.25, 0.3) is 5.91 Å². The van der Waals surface area contributed by atoms with Crippen LogP contribution in [0, 0.1) is 0 Å². The molecule has 1 aromatic heterocycles. The third kappa shape index (κ3) is 3.54. The molecule has 0 aliphatic carbocycles. The molecule has 3 N–H and O–H groups in total. The van der Waals surface area contributed by atoms with E-state index in [-0.39, 0.29) is 17.8 Å². The van der Waals surface area contributed by atoms with E-state index in [2.05, 4.69) is 15.5 Å². The first-order chi connectivity index (χ1) is 9.91. The van der Waals surface area contributed by atoms with Gasteiger partial charge in [-0.1, -0.05) is 6.07 Å². The zero-order chi connectivity index (χ0) is 15.5. The van der Waals surface area contributed by atoms with Gasteiger partial charge >= 0.3 is 6.18 Å². The molecule has 1 amide bonds. The van der Waals surface area contributed by atoms with Crippen molar-refractivity contribution in [2.45, 2.75) is 12.7 Å². The van der Waals surface area contributed by atoms with Gasteiger partial charge in [-0.15, -0.1) is 0 Å². The fourth-order valence-corrected chi connectivity index (χ4v) is 1.68. The molecule has 0 saturated heterocycles. The molecule has 2 rings (SSSR count). The Labute approximate surface area is 118 Å². The van der Waals surface area contributed by atoms with E-state index in [9.17, 15) is 18.0 Å². The van der Waals surface area contributed by atoms with Crippen molar-refractivity contribution in [3.05, 3.63) is 53.3 Å². The lowest BCUT2D eigenvalue weighted by Crippen LogP contribution is -2.17. The van der Waals surface area contributed by atoms with Gasteiger partial charge in [-0.05, 0) is 23.8 Å². The Hall–Kier alpha value is -2.48. The van der Waals surface area contributed by atoms with Gasteiger partial charge in [0.15, 0.2) is 0 Å². The summed E-state index contributed by atoms with van der Waals surface area (Å²) in [5.74, 6) is -0.698. The van der Waals surface area contributed by atoms with Gasteiger partial charge in [0.05, 0.1) is 29.2 Å². The third-order valence-electron chi connectivity index (χ3n) is 2.72. The number of carbonyl (C=O) groups excluding carboxylic acids is 1. The van der Waals surface area contributed by atoms with E-state index >= 15 is 0 Å². The van der Waals surface area contributed by atoms with Gasteiger partial charge in [-0.3, -0.25) is 4.79 Å². The number of hydrogen-bond donors (Lipinski definition) is 2. The summed E-state index contributed by atoms with van der Waals surface area (Å²) in [6, 6.07) is 4.87. The molecule has 0 fully saturated rings. The molecule has 110 valence electrons. The number of nitrogens with one attached hydrogen (secondary N) is 1. The minimum atomic E-state index is -4.59. The summed E-state index contributed by atoms with van der Waals surface area (Å²) in [4.78, 5) is 11.9. The molecule has 0 radical (unpaired) electrons. The standard InChI is InChI=1S/C13H11F3N4O/c14-13(15,16)10-5-8(6-17)1-2-11(10)20-12(21)9-3-4-18-19-7-9/h1-5,7H,6,17H2,(H,20,21). The summed E-state index contributed by atoms with van der Waals surface area (Å²) >= 11 is 0. The second-order valence-electron chi connectivity index (χ2n) is 4.17.